The molecule has 1 heteroatoms. The van der Waals surface area contributed by atoms with Crippen LogP contribution >= 0.6 is 0 Å². The van der Waals surface area contributed by atoms with Crippen molar-refractivity contribution in [2.24, 2.45) is 5.92 Å². The summed E-state index contributed by atoms with van der Waals surface area (Å²) in [6.45, 7) is 4.17. The van der Waals surface area contributed by atoms with Gasteiger partial charge in [0.25, 0.3) is 0 Å². The maximum atomic E-state index is 10.1. The minimum absolute atomic E-state index is 0.199. The Kier molecular flexibility index (Phi) is 5.59. The van der Waals surface area contributed by atoms with Crippen molar-refractivity contribution in [2.75, 3.05) is 0 Å². The van der Waals surface area contributed by atoms with Crippen molar-refractivity contribution >= 4 is 6.29 Å². The van der Waals surface area contributed by atoms with Crippen molar-refractivity contribution in [3.05, 3.63) is 0 Å². The third-order valence-electron chi connectivity index (χ3n) is 1.57. The zero-order valence-corrected chi connectivity index (χ0v) is 6.31. The van der Waals surface area contributed by atoms with E-state index in [-0.39, 0.29) is 5.92 Å². The lowest BCUT2D eigenvalue weighted by atomic mass is 10.0. The molecule has 0 aromatic rings. The molecule has 0 aliphatic heterocycles. The highest BCUT2D eigenvalue weighted by Gasteiger charge is 2.02. The molecule has 0 N–H and O–H groups in total. The fourth-order valence-electron chi connectivity index (χ4n) is 0.797. The summed E-state index contributed by atoms with van der Waals surface area (Å²) >= 11 is 0. The van der Waals surface area contributed by atoms with Crippen molar-refractivity contribution < 1.29 is 4.79 Å². The normalized spacial score (nSPS) is 13.1. The second-order valence-corrected chi connectivity index (χ2v) is 2.37. The van der Waals surface area contributed by atoms with Crippen molar-refractivity contribution in [1.82, 2.24) is 0 Å². The van der Waals surface area contributed by atoms with Crippen LogP contribution < -0.4 is 0 Å². The molecule has 1 nitrogen and oxygen atoms in total. The molecular weight excluding hydrogens is 112 g/mol. The molecule has 0 saturated heterocycles. The summed E-state index contributed by atoms with van der Waals surface area (Å²) in [5, 5.41) is 0. The first kappa shape index (κ1) is 8.67. The fraction of sp³-hybridized carbons (Fsp3) is 0.875. The Morgan fingerprint density at radius 3 is 2.44 bits per heavy atom. The largest absolute Gasteiger partial charge is 0.291 e. The number of rotatable bonds is 5. The van der Waals surface area contributed by atoms with Crippen LogP contribution in [0.4, 0.5) is 0 Å². The smallest absolute Gasteiger partial charge is 0.201 e. The Balaban J connectivity index is 3.20. The number of hydrogen-bond acceptors (Lipinski definition) is 1. The van der Waals surface area contributed by atoms with Crippen LogP contribution in [0.5, 0.6) is 0 Å². The molecule has 53 valence electrons. The molecule has 0 aliphatic rings. The van der Waals surface area contributed by atoms with E-state index in [1.807, 2.05) is 13.2 Å². The SMILES string of the molecule is CCCCC([C]=O)CC. The van der Waals surface area contributed by atoms with E-state index in [2.05, 4.69) is 6.92 Å². The van der Waals surface area contributed by atoms with Crippen LogP contribution in [0.15, 0.2) is 0 Å². The lowest BCUT2D eigenvalue weighted by Gasteiger charge is -2.02. The molecule has 0 heterocycles. The molecule has 0 saturated carbocycles. The van der Waals surface area contributed by atoms with Crippen LogP contribution in [0.25, 0.3) is 0 Å². The topological polar surface area (TPSA) is 17.1 Å². The standard InChI is InChI=1S/C8H15O/c1-3-5-6-8(4-2)7-9/h8H,3-6H2,1-2H3. The predicted octanol–water partition coefficient (Wildman–Crippen LogP) is 2.31. The van der Waals surface area contributed by atoms with Gasteiger partial charge in [-0.25, -0.2) is 0 Å². The van der Waals surface area contributed by atoms with E-state index >= 15 is 0 Å². The molecule has 1 radical (unpaired) electrons. The Labute approximate surface area is 57.5 Å². The van der Waals surface area contributed by atoms with Crippen LogP contribution in [0.1, 0.15) is 39.5 Å². The highest BCUT2D eigenvalue weighted by Crippen LogP contribution is 2.08. The second-order valence-electron chi connectivity index (χ2n) is 2.37. The zero-order chi connectivity index (χ0) is 7.11. The summed E-state index contributed by atoms with van der Waals surface area (Å²) in [6, 6.07) is 0. The van der Waals surface area contributed by atoms with Gasteiger partial charge < -0.3 is 0 Å². The van der Waals surface area contributed by atoms with Gasteiger partial charge in [-0.15, -0.1) is 0 Å². The van der Waals surface area contributed by atoms with Gasteiger partial charge in [0, 0.05) is 5.92 Å². The van der Waals surface area contributed by atoms with Crippen LogP contribution in [-0.2, 0) is 4.79 Å². The second kappa shape index (κ2) is 5.80. The molecule has 0 fully saturated rings. The molecule has 0 bridgehead atoms. The molecule has 0 aromatic heterocycles. The van der Waals surface area contributed by atoms with E-state index < -0.39 is 0 Å². The first-order chi connectivity index (χ1) is 4.35. The maximum absolute atomic E-state index is 10.1. The first-order valence-corrected chi connectivity index (χ1v) is 3.72. The molecule has 0 amide bonds. The van der Waals surface area contributed by atoms with E-state index in [4.69, 9.17) is 0 Å². The van der Waals surface area contributed by atoms with Crippen LogP contribution in [0.2, 0.25) is 0 Å². The van der Waals surface area contributed by atoms with E-state index in [1.54, 1.807) is 0 Å². The summed E-state index contributed by atoms with van der Waals surface area (Å²) in [5.41, 5.74) is 0. The first-order valence-electron chi connectivity index (χ1n) is 3.72. The summed E-state index contributed by atoms with van der Waals surface area (Å²) in [4.78, 5) is 10.1. The van der Waals surface area contributed by atoms with E-state index in [9.17, 15) is 4.79 Å². The lowest BCUT2D eigenvalue weighted by Crippen LogP contribution is -1.98. The minimum Gasteiger partial charge on any atom is -0.291 e. The average Bonchev–Trinajstić information content (AvgIpc) is 1.91. The molecule has 0 aromatic carbocycles. The van der Waals surface area contributed by atoms with Gasteiger partial charge in [-0.05, 0) is 12.8 Å². The molecule has 0 rings (SSSR count). The Bertz CT molecular complexity index is 69.0. The van der Waals surface area contributed by atoms with Crippen molar-refractivity contribution in [3.8, 4) is 0 Å². The fourth-order valence-corrected chi connectivity index (χ4v) is 0.797. The van der Waals surface area contributed by atoms with Crippen molar-refractivity contribution in [2.45, 2.75) is 39.5 Å². The van der Waals surface area contributed by atoms with E-state index in [1.165, 1.54) is 6.42 Å². The Morgan fingerprint density at radius 1 is 1.44 bits per heavy atom. The highest BCUT2D eigenvalue weighted by atomic mass is 16.1. The van der Waals surface area contributed by atoms with Crippen LogP contribution in [0.3, 0.4) is 0 Å². The summed E-state index contributed by atoms with van der Waals surface area (Å²) in [5.74, 6) is 0.199. The van der Waals surface area contributed by atoms with Gasteiger partial charge in [0.15, 0.2) is 0 Å². The van der Waals surface area contributed by atoms with Crippen molar-refractivity contribution in [3.63, 3.8) is 0 Å². The molecule has 0 spiro atoms. The van der Waals surface area contributed by atoms with Gasteiger partial charge >= 0.3 is 0 Å². The number of hydrogen-bond donors (Lipinski definition) is 0. The third kappa shape index (κ3) is 4.19. The van der Waals surface area contributed by atoms with Gasteiger partial charge in [0.05, 0.1) is 0 Å². The number of carbonyl (C=O) groups excluding carboxylic acids is 1. The van der Waals surface area contributed by atoms with Gasteiger partial charge in [-0.2, -0.15) is 0 Å². The predicted molar refractivity (Wildman–Crippen MR) is 39.0 cm³/mol. The summed E-state index contributed by atoms with van der Waals surface area (Å²) in [6.07, 6.45) is 6.35. The Morgan fingerprint density at radius 2 is 2.11 bits per heavy atom. The zero-order valence-electron chi connectivity index (χ0n) is 6.31. The highest BCUT2D eigenvalue weighted by molar-refractivity contribution is 5.54. The van der Waals surface area contributed by atoms with Crippen LogP contribution in [-0.4, -0.2) is 6.29 Å². The quantitative estimate of drug-likeness (QED) is 0.554. The van der Waals surface area contributed by atoms with Crippen molar-refractivity contribution in [1.29, 1.82) is 0 Å². The van der Waals surface area contributed by atoms with E-state index in [0.717, 1.165) is 19.3 Å². The minimum atomic E-state index is 0.199. The molecule has 9 heavy (non-hydrogen) atoms. The average molecular weight is 127 g/mol. The summed E-state index contributed by atoms with van der Waals surface area (Å²) < 4.78 is 0. The lowest BCUT2D eigenvalue weighted by molar-refractivity contribution is 0.489. The monoisotopic (exact) mass is 127 g/mol. The van der Waals surface area contributed by atoms with E-state index in [0.29, 0.717) is 0 Å². The van der Waals surface area contributed by atoms with Gasteiger partial charge in [0.1, 0.15) is 0 Å². The van der Waals surface area contributed by atoms with Crippen LogP contribution in [0, 0.1) is 5.92 Å². The molecule has 0 aliphatic carbocycles. The molecular formula is C8H15O. The van der Waals surface area contributed by atoms with Gasteiger partial charge in [0.2, 0.25) is 6.29 Å². The van der Waals surface area contributed by atoms with Gasteiger partial charge in [-0.3, -0.25) is 4.79 Å². The number of unbranched alkanes of at least 4 members (excludes halogenated alkanes) is 1. The van der Waals surface area contributed by atoms with Gasteiger partial charge in [-0.1, -0.05) is 26.7 Å². The summed E-state index contributed by atoms with van der Waals surface area (Å²) in [7, 11) is 0. The third-order valence-corrected chi connectivity index (χ3v) is 1.57. The molecule has 1 unspecified atom stereocenters. The molecule has 1 atom stereocenters. The maximum Gasteiger partial charge on any atom is 0.201 e. The Hall–Kier alpha value is -0.330.